The molecule has 0 atom stereocenters. The Kier molecular flexibility index (Phi) is 6.33. The fraction of sp³-hybridized carbons (Fsp3) is 0.286. The van der Waals surface area contributed by atoms with Crippen molar-refractivity contribution in [1.82, 2.24) is 30.0 Å². The van der Waals surface area contributed by atoms with Crippen LogP contribution in [-0.2, 0) is 17.8 Å². The summed E-state index contributed by atoms with van der Waals surface area (Å²) in [6.45, 7) is 3.08. The molecule has 0 N–H and O–H groups in total. The number of rotatable bonds is 7. The molecule has 2 aromatic carbocycles. The molecule has 1 heterocycles. The van der Waals surface area contributed by atoms with E-state index >= 15 is 0 Å². The highest BCUT2D eigenvalue weighted by atomic mass is 16.2. The molecule has 1 aromatic heterocycles. The van der Waals surface area contributed by atoms with Crippen molar-refractivity contribution in [3.05, 3.63) is 71.5 Å². The van der Waals surface area contributed by atoms with Gasteiger partial charge in [0.05, 0.1) is 12.1 Å². The summed E-state index contributed by atoms with van der Waals surface area (Å²) in [6.07, 6.45) is 1.84. The zero-order valence-corrected chi connectivity index (χ0v) is 16.8. The third kappa shape index (κ3) is 5.04. The van der Waals surface area contributed by atoms with Crippen molar-refractivity contribution in [2.75, 3.05) is 20.6 Å². The van der Waals surface area contributed by atoms with Gasteiger partial charge >= 0.3 is 0 Å². The van der Waals surface area contributed by atoms with E-state index in [1.54, 1.807) is 40.7 Å². The Bertz CT molecular complexity index is 950. The van der Waals surface area contributed by atoms with Gasteiger partial charge in [-0.1, -0.05) is 24.3 Å². The Morgan fingerprint density at radius 3 is 2.17 bits per heavy atom. The third-order valence-corrected chi connectivity index (χ3v) is 4.62. The lowest BCUT2D eigenvalue weighted by atomic mass is 10.1. The van der Waals surface area contributed by atoms with Crippen LogP contribution in [0.15, 0.2) is 54.9 Å². The first kappa shape index (κ1) is 20.2. The zero-order chi connectivity index (χ0) is 20.8. The summed E-state index contributed by atoms with van der Waals surface area (Å²) in [7, 11) is 3.45. The second-order valence-corrected chi connectivity index (χ2v) is 6.90. The molecule has 0 aliphatic carbocycles. The van der Waals surface area contributed by atoms with Crippen LogP contribution in [0, 0.1) is 0 Å². The maximum absolute atomic E-state index is 12.8. The van der Waals surface area contributed by atoms with Gasteiger partial charge in [0.1, 0.15) is 6.33 Å². The molecule has 0 aliphatic heterocycles. The first-order valence-corrected chi connectivity index (χ1v) is 9.38. The van der Waals surface area contributed by atoms with Crippen LogP contribution < -0.4 is 0 Å². The number of hydrogen-bond donors (Lipinski definition) is 0. The summed E-state index contributed by atoms with van der Waals surface area (Å²) in [5, 5.41) is 11.1. The van der Waals surface area contributed by atoms with Gasteiger partial charge in [0.25, 0.3) is 5.91 Å². The number of carbonyl (C=O) groups excluding carboxylic acids is 2. The van der Waals surface area contributed by atoms with Crippen molar-refractivity contribution in [2.45, 2.75) is 19.9 Å². The number of benzene rings is 2. The van der Waals surface area contributed by atoms with Crippen molar-refractivity contribution >= 4 is 11.8 Å². The van der Waals surface area contributed by atoms with E-state index in [4.69, 9.17) is 0 Å². The smallest absolute Gasteiger partial charge is 0.253 e. The van der Waals surface area contributed by atoms with Gasteiger partial charge in [-0.2, -0.15) is 0 Å². The number of amides is 2. The quantitative estimate of drug-likeness (QED) is 0.614. The molecule has 8 nitrogen and oxygen atoms in total. The number of likely N-dealkylation sites (N-methyl/N-ethyl adjacent to an activating group) is 1. The van der Waals surface area contributed by atoms with E-state index < -0.39 is 0 Å². The van der Waals surface area contributed by atoms with Gasteiger partial charge in [-0.05, 0) is 52.7 Å². The average molecular weight is 392 g/mol. The number of tetrazole rings is 1. The van der Waals surface area contributed by atoms with Crippen molar-refractivity contribution < 1.29 is 9.59 Å². The Labute approximate surface area is 169 Å². The highest BCUT2D eigenvalue weighted by Gasteiger charge is 2.14. The molecule has 0 unspecified atom stereocenters. The summed E-state index contributed by atoms with van der Waals surface area (Å²) in [6, 6.07) is 15.0. The summed E-state index contributed by atoms with van der Waals surface area (Å²) in [5.41, 5.74) is 3.39. The number of hydrogen-bond acceptors (Lipinski definition) is 5. The van der Waals surface area contributed by atoms with Crippen LogP contribution in [0.2, 0.25) is 0 Å². The van der Waals surface area contributed by atoms with Gasteiger partial charge in [-0.15, -0.1) is 5.10 Å². The van der Waals surface area contributed by atoms with E-state index in [9.17, 15) is 9.59 Å². The third-order valence-electron chi connectivity index (χ3n) is 4.62. The molecular formula is C21H24N6O2. The maximum Gasteiger partial charge on any atom is 0.253 e. The van der Waals surface area contributed by atoms with Crippen LogP contribution >= 0.6 is 0 Å². The molecule has 0 aliphatic rings. The Morgan fingerprint density at radius 2 is 1.62 bits per heavy atom. The molecule has 8 heteroatoms. The van der Waals surface area contributed by atoms with Crippen LogP contribution in [0.5, 0.6) is 0 Å². The lowest BCUT2D eigenvalue weighted by molar-refractivity contribution is -0.130. The van der Waals surface area contributed by atoms with Crippen LogP contribution in [0.4, 0.5) is 0 Å². The van der Waals surface area contributed by atoms with Gasteiger partial charge in [0.2, 0.25) is 5.91 Å². The lowest BCUT2D eigenvalue weighted by Gasteiger charge is -2.21. The molecular weight excluding hydrogens is 368 g/mol. The fourth-order valence-corrected chi connectivity index (χ4v) is 2.94. The minimum absolute atomic E-state index is 0.0369. The molecule has 0 radical (unpaired) electrons. The number of aromatic nitrogens is 4. The first-order valence-electron chi connectivity index (χ1n) is 9.38. The summed E-state index contributed by atoms with van der Waals surface area (Å²) < 4.78 is 1.56. The average Bonchev–Trinajstić information content (AvgIpc) is 3.27. The molecule has 0 saturated carbocycles. The fourth-order valence-electron chi connectivity index (χ4n) is 2.94. The van der Waals surface area contributed by atoms with Crippen LogP contribution in [-0.4, -0.2) is 62.5 Å². The number of carbonyl (C=O) groups is 2. The van der Waals surface area contributed by atoms with Crippen LogP contribution in [0.25, 0.3) is 5.69 Å². The van der Waals surface area contributed by atoms with Crippen LogP contribution in [0.1, 0.15) is 28.4 Å². The van der Waals surface area contributed by atoms with Gasteiger partial charge in [0, 0.05) is 32.7 Å². The molecule has 0 bridgehead atoms. The first-order chi connectivity index (χ1) is 14.0. The second-order valence-electron chi connectivity index (χ2n) is 6.90. The van der Waals surface area contributed by atoms with E-state index in [0.717, 1.165) is 16.8 Å². The Balaban J connectivity index is 1.62. The zero-order valence-electron chi connectivity index (χ0n) is 16.8. The molecule has 3 aromatic rings. The molecule has 150 valence electrons. The summed E-state index contributed by atoms with van der Waals surface area (Å²) in [4.78, 5) is 28.1. The van der Waals surface area contributed by atoms with Gasteiger partial charge in [0.15, 0.2) is 0 Å². The predicted molar refractivity (Wildman–Crippen MR) is 108 cm³/mol. The van der Waals surface area contributed by atoms with Crippen molar-refractivity contribution in [3.8, 4) is 5.69 Å². The minimum atomic E-state index is -0.0369. The van der Waals surface area contributed by atoms with Crippen molar-refractivity contribution in [3.63, 3.8) is 0 Å². The van der Waals surface area contributed by atoms with E-state index in [1.165, 1.54) is 6.33 Å². The molecule has 2 amide bonds. The van der Waals surface area contributed by atoms with Gasteiger partial charge in [-0.3, -0.25) is 9.59 Å². The maximum atomic E-state index is 12.8. The largest absolute Gasteiger partial charge is 0.345 e. The molecule has 0 saturated heterocycles. The van der Waals surface area contributed by atoms with Gasteiger partial charge in [-0.25, -0.2) is 4.68 Å². The van der Waals surface area contributed by atoms with Crippen LogP contribution in [0.3, 0.4) is 0 Å². The van der Waals surface area contributed by atoms with Crippen molar-refractivity contribution in [1.29, 1.82) is 0 Å². The Morgan fingerprint density at radius 1 is 0.966 bits per heavy atom. The van der Waals surface area contributed by atoms with Gasteiger partial charge < -0.3 is 9.80 Å². The molecule has 29 heavy (non-hydrogen) atoms. The molecule has 0 spiro atoms. The normalized spacial score (nSPS) is 10.6. The molecule has 0 fully saturated rings. The molecule has 3 rings (SSSR count). The standard InChI is InChI=1S/C21H24N6O2/c1-4-26(14-17-5-9-18(10-6-17)21(29)25(2)3)20(28)13-16-7-11-19(12-8-16)27-15-22-23-24-27/h5-12,15H,4,13-14H2,1-3H3. The minimum Gasteiger partial charge on any atom is -0.345 e. The lowest BCUT2D eigenvalue weighted by Crippen LogP contribution is -2.31. The summed E-state index contributed by atoms with van der Waals surface area (Å²) in [5.74, 6) is 0.0150. The SMILES string of the molecule is CCN(Cc1ccc(C(=O)N(C)C)cc1)C(=O)Cc1ccc(-n2cnnn2)cc1. The highest BCUT2D eigenvalue weighted by molar-refractivity contribution is 5.93. The highest BCUT2D eigenvalue weighted by Crippen LogP contribution is 2.13. The summed E-state index contributed by atoms with van der Waals surface area (Å²) >= 11 is 0. The predicted octanol–water partition coefficient (Wildman–Crippen LogP) is 1.96. The number of nitrogens with zero attached hydrogens (tertiary/aromatic N) is 6. The monoisotopic (exact) mass is 392 g/mol. The van der Waals surface area contributed by atoms with E-state index in [2.05, 4.69) is 15.5 Å². The van der Waals surface area contributed by atoms with E-state index in [1.807, 2.05) is 43.3 Å². The Hall–Kier alpha value is -3.55. The van der Waals surface area contributed by atoms with Crippen molar-refractivity contribution in [2.24, 2.45) is 0 Å². The van der Waals surface area contributed by atoms with E-state index in [0.29, 0.717) is 25.1 Å². The van der Waals surface area contributed by atoms with E-state index in [-0.39, 0.29) is 11.8 Å². The second kappa shape index (κ2) is 9.09. The topological polar surface area (TPSA) is 84.2 Å².